The van der Waals surface area contributed by atoms with Crippen LogP contribution in [-0.2, 0) is 0 Å². The Labute approximate surface area is 554 Å². The van der Waals surface area contributed by atoms with Crippen LogP contribution in [0.1, 0.15) is 0 Å². The smallest absolute Gasteiger partial charge is 0.264 e. The molecule has 0 radical (unpaired) electrons. The standard InChI is InChI=1S/2C30BF21.N3/c2*32-10-1-4(19(41)28(50)25(47)16(1)38)13(35)22(44)7(10)31(8-11(33)2-5(14(36)23(8)45)20(42)29(51)26(48)17(2)39)9-12(34)3-6(15(37)24(9)46)21(43)30(52)27(49)18(3)40;1-3-2/q;;-1. The second-order valence-corrected chi connectivity index (χ2v) is 21.1. The summed E-state index contributed by atoms with van der Waals surface area (Å²) in [4.78, 5) is 1.50. The van der Waals surface area contributed by atoms with E-state index in [1.165, 1.54) is 4.91 Å². The number of hydrogen-bond acceptors (Lipinski definition) is 0. The minimum absolute atomic E-state index is 1.50. The highest BCUT2D eigenvalue weighted by molar-refractivity contribution is 6.97. The predicted molar refractivity (Wildman–Crippen MR) is 281 cm³/mol. The van der Waals surface area contributed by atoms with Gasteiger partial charge in [-0.05, 0) is 0 Å². The Balaban J connectivity index is 0.000000221. The molecule has 0 unspecified atom stereocenters. The quantitative estimate of drug-likeness (QED) is 0.0303. The average molecular weight is 1580 g/mol. The van der Waals surface area contributed by atoms with Gasteiger partial charge >= 0.3 is 0 Å². The molecule has 107 heavy (non-hydrogen) atoms. The fourth-order valence-corrected chi connectivity index (χ4v) is 11.4. The minimum atomic E-state index is -4.40. The van der Waals surface area contributed by atoms with Crippen LogP contribution in [0, 0.1) is 244 Å². The number of nitrogens with zero attached hydrogens (tertiary/aromatic N) is 3. The van der Waals surface area contributed by atoms with Crippen LogP contribution in [0.15, 0.2) is 0 Å². The van der Waals surface area contributed by atoms with Crippen LogP contribution < -0.4 is 32.8 Å². The normalized spacial score (nSPS) is 11.7. The molecule has 0 aliphatic heterocycles. The first kappa shape index (κ1) is 78.3. The molecule has 556 valence electrons. The zero-order valence-corrected chi connectivity index (χ0v) is 48.4. The number of rotatable bonds is 6. The summed E-state index contributed by atoms with van der Waals surface area (Å²) in [6.45, 7) is -8.81. The summed E-state index contributed by atoms with van der Waals surface area (Å²) in [6.07, 6.45) is 0. The highest BCUT2D eigenvalue weighted by atomic mass is 19.2. The molecule has 47 heteroatoms. The van der Waals surface area contributed by atoms with E-state index >= 15 is 79.0 Å². The van der Waals surface area contributed by atoms with Crippen molar-refractivity contribution in [2.45, 2.75) is 0 Å². The third-order valence-electron chi connectivity index (χ3n) is 16.0. The summed E-state index contributed by atoms with van der Waals surface area (Å²) in [5, 5.41) is -31.1. The number of halogens is 42. The van der Waals surface area contributed by atoms with Crippen molar-refractivity contribution in [3.8, 4) is 0 Å². The van der Waals surface area contributed by atoms with Crippen molar-refractivity contribution in [1.82, 2.24) is 0 Å². The number of hydrogen-bond donors (Lipinski definition) is 0. The van der Waals surface area contributed by atoms with E-state index in [-0.39, 0.29) is 0 Å². The molecular weight excluding hydrogens is 1580 g/mol. The van der Waals surface area contributed by atoms with Crippen LogP contribution in [0.2, 0.25) is 0 Å². The Morgan fingerprint density at radius 3 is 0.262 bits per heavy atom. The van der Waals surface area contributed by atoms with Gasteiger partial charge in [-0.25, -0.2) is 184 Å². The van der Waals surface area contributed by atoms with Gasteiger partial charge in [0.1, 0.15) is 34.9 Å². The molecule has 0 aliphatic carbocycles. The Morgan fingerprint density at radius 1 is 0.112 bits per heavy atom. The molecule has 12 aromatic carbocycles. The van der Waals surface area contributed by atoms with E-state index in [2.05, 4.69) is 0 Å². The lowest BCUT2D eigenvalue weighted by Crippen LogP contribution is -2.60. The molecule has 0 N–H and O–H groups in total. The van der Waals surface area contributed by atoms with Gasteiger partial charge in [0.05, 0.1) is 64.6 Å². The fraction of sp³-hybridized carbons (Fsp3) is 0. The highest BCUT2D eigenvalue weighted by Gasteiger charge is 2.49. The topological polar surface area (TPSA) is 58.7 Å². The van der Waals surface area contributed by atoms with E-state index in [1.54, 1.807) is 0 Å². The molecule has 0 aromatic heterocycles. The van der Waals surface area contributed by atoms with Gasteiger partial charge in [0.2, 0.25) is 0 Å². The van der Waals surface area contributed by atoms with Crippen LogP contribution in [0.3, 0.4) is 0 Å². The van der Waals surface area contributed by atoms with E-state index < -0.39 is 355 Å². The van der Waals surface area contributed by atoms with Crippen LogP contribution in [0.25, 0.3) is 80.6 Å². The molecule has 12 rings (SSSR count). The SMILES string of the molecule is Fc1c(F)c(F)c2c(F)c(B(c3c(F)c(F)c4c(F)c(F)c(F)c(F)c4c3F)c3c(F)c(F)c4c(F)c(F)c(F)c(F)c4c3F)c(F)c(F)c2c1F.Fc1c(F)c(F)c2c(F)c(B(c3c(F)c(F)c4c(F)c(F)c(F)c(F)c4c3F)c3c(F)c(F)c4c(F)c(F)c(F)c(F)c4c3F)c(F)c(F)c2c1F.[N-]=[N+]=[N-]. The third kappa shape index (κ3) is 10.6. The molecule has 0 atom stereocenters. The Kier molecular flexibility index (Phi) is 19.7. The van der Waals surface area contributed by atoms with Crippen LogP contribution in [0.4, 0.5) is 184 Å². The molecule has 0 bridgehead atoms. The van der Waals surface area contributed by atoms with E-state index in [0.717, 1.165) is 0 Å². The molecule has 0 amide bonds. The zero-order valence-electron chi connectivity index (χ0n) is 48.4. The Morgan fingerprint density at radius 2 is 0.178 bits per heavy atom. The van der Waals surface area contributed by atoms with E-state index in [0.29, 0.717) is 0 Å². The fourth-order valence-electron chi connectivity index (χ4n) is 11.4. The lowest BCUT2D eigenvalue weighted by atomic mass is 9.35. The van der Waals surface area contributed by atoms with Crippen molar-refractivity contribution >= 4 is 111 Å². The average Bonchev–Trinajstić information content (AvgIpc) is 0.704. The zero-order chi connectivity index (χ0) is 80.5. The molecule has 0 spiro atoms. The van der Waals surface area contributed by atoms with Gasteiger partial charge in [-0.1, -0.05) is 0 Å². The highest BCUT2D eigenvalue weighted by Crippen LogP contribution is 2.41. The monoisotopic (exact) mass is 1580 g/mol. The molecule has 0 saturated heterocycles. The maximum absolute atomic E-state index is 16.1. The third-order valence-corrected chi connectivity index (χ3v) is 16.0. The summed E-state index contributed by atoms with van der Waals surface area (Å²) >= 11 is 0. The summed E-state index contributed by atoms with van der Waals surface area (Å²) < 4.78 is 627. The first-order valence-corrected chi connectivity index (χ1v) is 26.6. The number of fused-ring (bicyclic) bond motifs is 6. The molecule has 0 heterocycles. The molecule has 12 aromatic rings. The van der Waals surface area contributed by atoms with Gasteiger partial charge in [-0.3, -0.25) is 4.91 Å². The van der Waals surface area contributed by atoms with Crippen molar-refractivity contribution in [2.75, 3.05) is 0 Å². The van der Waals surface area contributed by atoms with Crippen LogP contribution in [0.5, 0.6) is 0 Å². The number of benzene rings is 12. The summed E-state index contributed by atoms with van der Waals surface area (Å²) in [6, 6.07) is 0. The van der Waals surface area contributed by atoms with Crippen molar-refractivity contribution in [3.05, 3.63) is 260 Å². The first-order valence-electron chi connectivity index (χ1n) is 26.6. The maximum atomic E-state index is 16.1. The molecule has 3 nitrogen and oxygen atoms in total. The van der Waals surface area contributed by atoms with Gasteiger partial charge in [-0.2, -0.15) is 0 Å². The van der Waals surface area contributed by atoms with E-state index in [1.807, 2.05) is 0 Å². The second-order valence-electron chi connectivity index (χ2n) is 21.1. The predicted octanol–water partition coefficient (Wildman–Crippen LogP) is 18.0. The molecule has 0 saturated carbocycles. The largest absolute Gasteiger partial charge is 0.373 e. The molecule has 0 aliphatic rings. The van der Waals surface area contributed by atoms with Crippen molar-refractivity contribution in [1.29, 1.82) is 0 Å². The lowest BCUT2D eigenvalue weighted by Gasteiger charge is -2.23. The van der Waals surface area contributed by atoms with Crippen molar-refractivity contribution < 1.29 is 184 Å². The molecular formula is C60B2F42N3-. The van der Waals surface area contributed by atoms with Gasteiger partial charge in [0, 0.05) is 32.8 Å². The van der Waals surface area contributed by atoms with Crippen LogP contribution >= 0.6 is 0 Å². The summed E-state index contributed by atoms with van der Waals surface area (Å²) in [5.41, 5.74) is -4.28. The van der Waals surface area contributed by atoms with E-state index in [4.69, 9.17) is 11.1 Å². The first-order chi connectivity index (χ1) is 49.7. The van der Waals surface area contributed by atoms with Crippen molar-refractivity contribution in [3.63, 3.8) is 0 Å². The summed E-state index contributed by atoms with van der Waals surface area (Å²) in [5.74, 6) is -130. The Bertz CT molecular complexity index is 5220. The van der Waals surface area contributed by atoms with Crippen LogP contribution in [-0.4, -0.2) is 13.4 Å². The van der Waals surface area contributed by atoms with Crippen molar-refractivity contribution in [2.24, 2.45) is 0 Å². The van der Waals surface area contributed by atoms with Gasteiger partial charge in [0.25, 0.3) is 13.4 Å². The van der Waals surface area contributed by atoms with Gasteiger partial charge in [-0.15, -0.1) is 0 Å². The van der Waals surface area contributed by atoms with Gasteiger partial charge < -0.3 is 11.1 Å². The summed E-state index contributed by atoms with van der Waals surface area (Å²) in [7, 11) is 0. The maximum Gasteiger partial charge on any atom is 0.264 e. The minimum Gasteiger partial charge on any atom is -0.373 e. The lowest BCUT2D eigenvalue weighted by molar-refractivity contribution is 0.412. The Hall–Kier alpha value is -11.3. The molecule has 0 fully saturated rings. The van der Waals surface area contributed by atoms with E-state index in [9.17, 15) is 105 Å². The second kappa shape index (κ2) is 26.9. The van der Waals surface area contributed by atoms with Gasteiger partial charge in [0.15, 0.2) is 209 Å².